The Labute approximate surface area is 955 Å². The summed E-state index contributed by atoms with van der Waals surface area (Å²) in [7, 11) is 0. The van der Waals surface area contributed by atoms with Gasteiger partial charge in [0.2, 0.25) is 7.16 Å². The molecule has 0 aromatic rings. The molecule has 810 valence electrons. The van der Waals surface area contributed by atoms with Crippen LogP contribution in [0.1, 0.15) is 411 Å². The Bertz CT molecular complexity index is 7840. The fourth-order valence-corrected chi connectivity index (χ4v) is 20.1. The van der Waals surface area contributed by atoms with Gasteiger partial charge in [0.1, 0.15) is 61.0 Å². The number of allylic oxidation sites excluding steroid dienone is 15. The number of cyclic esters (lactones) is 5. The average molecular weight is 2090 g/mol. The van der Waals surface area contributed by atoms with Crippen LogP contribution in [0.15, 0.2) is 119 Å². The van der Waals surface area contributed by atoms with E-state index in [-0.39, 0.29) is 157 Å². The van der Waals surface area contributed by atoms with Gasteiger partial charge in [-0.1, -0.05) is 229 Å². The van der Waals surface area contributed by atoms with Crippen LogP contribution in [0.4, 0.5) is 0 Å². The number of aliphatic hydroxyl groups excluding tert-OH is 5. The molecular formula is C120H180O25. The first kappa shape index (κ1) is 56.8. The molecule has 0 aromatic carbocycles. The van der Waals surface area contributed by atoms with E-state index >= 15 is 0 Å². The quantitative estimate of drug-likeness (QED) is 0.0291. The summed E-state index contributed by atoms with van der Waals surface area (Å²) in [5.41, 5.74) is -1.38. The molecule has 0 aromatic heterocycles. The summed E-state index contributed by atoms with van der Waals surface area (Å²) in [6.07, 6.45) is -42.3. The van der Waals surface area contributed by atoms with Crippen LogP contribution in [0.3, 0.4) is 0 Å². The van der Waals surface area contributed by atoms with Gasteiger partial charge in [0.05, 0.1) is 113 Å². The van der Waals surface area contributed by atoms with E-state index in [9.17, 15) is 47.9 Å². The minimum Gasteiger partial charge on any atom is -0.462 e. The molecule has 15 aliphatic rings. The third-order valence-electron chi connectivity index (χ3n) is 27.8. The van der Waals surface area contributed by atoms with E-state index in [4.69, 9.17) is 135 Å². The number of hydrogen-bond acceptors (Lipinski definition) is 25. The van der Waals surface area contributed by atoms with Crippen molar-refractivity contribution in [1.82, 2.24) is 0 Å². The van der Waals surface area contributed by atoms with E-state index in [1.165, 1.54) is 48.5 Å². The maximum atomic E-state index is 13.5. The smallest absolute Gasteiger partial charge is 0.308 e. The second-order valence-corrected chi connectivity index (χ2v) is 39.0. The summed E-state index contributed by atoms with van der Waals surface area (Å²) in [5, 5.41) is 22.8. The van der Waals surface area contributed by atoms with Crippen LogP contribution in [-0.4, -0.2) is 184 Å². The van der Waals surface area contributed by atoms with Crippen LogP contribution in [-0.2, 0) is 95.3 Å². The van der Waals surface area contributed by atoms with Crippen molar-refractivity contribution in [2.24, 2.45) is 148 Å². The normalized spacial score (nSPS) is 53.5. The average Bonchev–Trinajstić information content (AvgIpc) is 0.701. The molecule has 5 saturated heterocycles. The second-order valence-electron chi connectivity index (χ2n) is 39.0. The Morgan fingerprint density at radius 3 is 0.807 bits per heavy atom. The van der Waals surface area contributed by atoms with Crippen molar-refractivity contribution in [3.63, 3.8) is 0 Å². The van der Waals surface area contributed by atoms with Crippen molar-refractivity contribution >= 4 is 59.7 Å². The number of carbonyl (C=O) groups is 10. The number of ether oxygens (including phenoxy) is 10. The molecule has 10 aliphatic carbocycles. The van der Waals surface area contributed by atoms with Crippen molar-refractivity contribution in [2.45, 2.75) is 422 Å². The van der Waals surface area contributed by atoms with Crippen molar-refractivity contribution in [2.75, 3.05) is 0 Å². The summed E-state index contributed by atoms with van der Waals surface area (Å²) in [6.45, 7) is 0.573. The molecule has 5 aliphatic heterocycles. The Kier molecular flexibility index (Phi) is 21.6. The second kappa shape index (κ2) is 55.1. The van der Waals surface area contributed by atoms with E-state index in [0.29, 0.717) is 6.92 Å². The number of aliphatic hydroxyl groups is 5. The lowest BCUT2D eigenvalue weighted by Gasteiger charge is -2.43. The van der Waals surface area contributed by atoms with Crippen LogP contribution in [0.25, 0.3) is 0 Å². The molecule has 0 radical (unpaired) electrons. The molecule has 5 N–H and O–H groups in total. The van der Waals surface area contributed by atoms with E-state index < -0.39 is 487 Å². The first-order chi connectivity index (χ1) is 94.3. The predicted octanol–water partition coefficient (Wildman–Crippen LogP) is 21.0. The van der Waals surface area contributed by atoms with Crippen LogP contribution in [0.2, 0.25) is 0 Å². The Balaban J connectivity index is 0.000000239. The van der Waals surface area contributed by atoms with Gasteiger partial charge >= 0.3 is 59.7 Å². The molecule has 5 fully saturated rings. The fourth-order valence-electron chi connectivity index (χ4n) is 20.1. The number of carbonyl (C=O) groups excluding carboxylic acids is 10. The maximum Gasteiger partial charge on any atom is 0.308 e. The summed E-state index contributed by atoms with van der Waals surface area (Å²) in [4.78, 5) is 127. The molecule has 0 amide bonds. The molecule has 15 rings (SSSR count). The van der Waals surface area contributed by atoms with Gasteiger partial charge in [0.15, 0.2) is 0 Å². The standard InChI is InChI=1S/5C24H36O5/c5*1-5-15(3)24(27)29-21-11-14(2)10-17-7-6-16(4)20(23(17)21)9-8-19-12-18(25)13-22(26)28-19/h5*6-7,10,14-16,18-21,23,25H,5,8-9,11-13H2,1-4H3/t4*14-,15-,16-,18+,19?,20-,21?,23-;14-,15-,16-,18+,19?,20-,21-,23-/m00000/s1/i1D3,5D2,6D,7D,10D,11D2,14D,15D,16D,25D;1D3,3D3,5D2,6D,7D,10D,11D2,14D,16D,25D;3D3,6D,7D,10D,11D2,14D,15D,16D,25D;1D3,5D2,6D,7D,10D,11D2,14D,16D,25D;6D,7D,10D,11D2,14D,15D,16D,25D. The molecule has 9 unspecified atom stereocenters. The number of hydrogen-bond donors (Lipinski definition) is 5. The van der Waals surface area contributed by atoms with Crippen molar-refractivity contribution in [3.05, 3.63) is 119 Å². The van der Waals surface area contributed by atoms with Gasteiger partial charge in [-0.05, 0) is 244 Å². The minimum atomic E-state index is -3.69. The van der Waals surface area contributed by atoms with Crippen molar-refractivity contribution in [3.8, 4) is 0 Å². The lowest BCUT2D eigenvalue weighted by molar-refractivity contribution is -0.162. The van der Waals surface area contributed by atoms with Gasteiger partial charge in [-0.2, -0.15) is 0 Å². The van der Waals surface area contributed by atoms with E-state index in [1.807, 2.05) is 0 Å². The Hall–Kier alpha value is -8.10. The first-order valence-electron chi connectivity index (χ1n) is 80.9. The number of rotatable bonds is 35. The third-order valence-corrected chi connectivity index (χ3v) is 27.8. The fraction of sp³-hybridized carbons (Fsp3) is 0.750. The highest BCUT2D eigenvalue weighted by Crippen LogP contribution is 2.53. The largest absolute Gasteiger partial charge is 0.462 e. The lowest BCUT2D eigenvalue weighted by Crippen LogP contribution is -2.42. The molecule has 25 heteroatoms. The molecular weight excluding hydrogens is 1840 g/mol. The maximum absolute atomic E-state index is 13.5. The van der Waals surface area contributed by atoms with Crippen molar-refractivity contribution < 1.29 is 202 Å². The van der Waals surface area contributed by atoms with E-state index in [1.54, 1.807) is 6.92 Å². The zero-order valence-electron chi connectivity index (χ0n) is 148. The Morgan fingerprint density at radius 1 is 0.352 bits per heavy atom. The first-order valence-corrected chi connectivity index (χ1v) is 49.4. The number of fused-ring (bicyclic) bond motifs is 5. The third kappa shape index (κ3) is 33.0. The summed E-state index contributed by atoms with van der Waals surface area (Å²) in [5.74, 6) is -57.8. The summed E-state index contributed by atoms with van der Waals surface area (Å²) < 4.78 is 584. The summed E-state index contributed by atoms with van der Waals surface area (Å²) >= 11 is 0. The number of esters is 10. The predicted molar refractivity (Wildman–Crippen MR) is 554 cm³/mol. The zero-order chi connectivity index (χ0) is 161. The Morgan fingerprint density at radius 2 is 0.579 bits per heavy atom. The van der Waals surface area contributed by atoms with Crippen LogP contribution >= 0.6 is 0 Å². The van der Waals surface area contributed by atoms with Gasteiger partial charge < -0.3 is 72.9 Å². The van der Waals surface area contributed by atoms with Gasteiger partial charge in [-0.3, -0.25) is 47.9 Å². The van der Waals surface area contributed by atoms with Gasteiger partial charge in [0.25, 0.3) is 0 Å². The lowest BCUT2D eigenvalue weighted by atomic mass is 9.65. The SMILES string of the molecule is [2H]O[C@H]1CC(=O)OC(CC[C@@H]2[C@@H]3C(=C([2H])[C@]([2H])(C)C([2H])([2H])C3OC(=O)[C@@H](C([2H])([2H])[2H])C([2H])([2H])C([2H])([2H])[2H])C([2H])=C([2H])[C@]2([2H])C)C1.[2H]O[C@H]1CC(=O)OC(CC[C@@H]2[C@@H]3C(=C([2H])[C@]([2H])(C)C([2H])([2H])C3OC(=O)[C@@H](C)C([2H])([2H])C([2H])([2H])[2H])C([2H])=C([2H])[C@]2([2H])C)C1.[2H]O[C@H]1CC(=O)OC(CC[C@@H]2[C@@H]3C(=C([2H])[C@]([2H])(C)C([2H])([2H])C3OC(=O)[C@@]([2H])(C)C([2H])([2H])C([2H])([2H])[2H])C([2H])=C([2H])[C@]2([2H])C)C1.[2H]O[C@H]1CC(=O)OC(CC[C@@H]2[C@@H]3C(=C([2H])[C@]([2H])(C)C([2H])([2H])C3OC(=O)[C@]([2H])(CC)C([2H])([2H])[2H])C([2H])=C([2H])[C@]2([2H])C)C1.[2H]O[C@H]1CC(=O)OC(CC[C@@H]2[C@@H]3C(=C([2H])[C@]([2H])(C)C([2H])([2H])[C@@H]3OC(=O)[C@@]([2H])(C)CC)C([2H])=C([2H])[C@]2([2H])C)C1. The molecule has 40 atom stereocenters. The highest BCUT2D eigenvalue weighted by Gasteiger charge is 2.50. The molecule has 0 spiro atoms. The van der Waals surface area contributed by atoms with Crippen LogP contribution in [0.5, 0.6) is 0 Å². The highest BCUT2D eigenvalue weighted by atomic mass is 16.6. The molecule has 145 heavy (non-hydrogen) atoms. The topological polar surface area (TPSA) is 364 Å². The van der Waals surface area contributed by atoms with Gasteiger partial charge in [-0.25, -0.2) is 0 Å². The zero-order valence-corrected chi connectivity index (χ0v) is 84.4. The summed E-state index contributed by atoms with van der Waals surface area (Å²) in [6, 6.07) is -8.80. The molecule has 0 saturated carbocycles. The van der Waals surface area contributed by atoms with Gasteiger partial charge in [0, 0.05) is 122 Å². The molecule has 0 bridgehead atoms. The molecule has 5 heterocycles. The van der Waals surface area contributed by atoms with Crippen molar-refractivity contribution in [1.29, 1.82) is 7.16 Å². The molecule has 25 nitrogen and oxygen atoms in total. The van der Waals surface area contributed by atoms with Gasteiger partial charge in [-0.15, -0.1) is 0 Å². The van der Waals surface area contributed by atoms with Crippen LogP contribution < -0.4 is 0 Å². The van der Waals surface area contributed by atoms with E-state index in [2.05, 4.69) is 25.5 Å². The van der Waals surface area contributed by atoms with Crippen LogP contribution in [0, 0.1) is 148 Å². The van der Waals surface area contributed by atoms with E-state index in [0.717, 1.165) is 41.5 Å². The minimum absolute atomic E-state index is 0.0159. The highest BCUT2D eigenvalue weighted by molar-refractivity contribution is 5.76. The monoisotopic (exact) mass is 2090 g/mol.